The zero-order valence-corrected chi connectivity index (χ0v) is 3.05. The van der Waals surface area contributed by atoms with Crippen molar-refractivity contribution >= 4 is 0 Å². The molecule has 0 atom stereocenters. The molecule has 0 unspecified atom stereocenters. The Hall–Kier alpha value is -0.790. The molecule has 1 heterocycles. The van der Waals surface area contributed by atoms with Gasteiger partial charge in [0.05, 0.1) is 6.20 Å². The molecule has 2 nitrogen and oxygen atoms in total. The Morgan fingerprint density at radius 2 is 3.17 bits per heavy atom. The van der Waals surface area contributed by atoms with Crippen molar-refractivity contribution in [1.82, 2.24) is 9.78 Å². The van der Waals surface area contributed by atoms with E-state index < -0.39 is 6.98 Å². The fourth-order valence-electron chi connectivity index (χ4n) is 0.233. The number of rotatable bonds is 0. The Morgan fingerprint density at radius 1 is 2.17 bits per heavy atom. The molecule has 0 fully saturated rings. The lowest BCUT2D eigenvalue weighted by molar-refractivity contribution is 0.767. The van der Waals surface area contributed by atoms with Crippen LogP contribution in [0.3, 0.4) is 0 Å². The Labute approximate surface area is 40.6 Å². The first kappa shape index (κ1) is 1.37. The molecule has 0 amide bonds. The van der Waals surface area contributed by atoms with Crippen molar-refractivity contribution in [3.8, 4) is 0 Å². The van der Waals surface area contributed by atoms with Gasteiger partial charge in [-0.3, -0.25) is 4.68 Å². The van der Waals surface area contributed by atoms with Gasteiger partial charge in [-0.05, 0) is 0 Å². The van der Waals surface area contributed by atoms with Crippen LogP contribution in [0.2, 0.25) is 0 Å². The van der Waals surface area contributed by atoms with Crippen LogP contribution in [0.5, 0.6) is 0 Å². The van der Waals surface area contributed by atoms with Gasteiger partial charge in [0.1, 0.15) is 0 Å². The fraction of sp³-hybridized carbons (Fsp3) is 0.250. The van der Waals surface area contributed by atoms with E-state index in [4.69, 9.17) is 4.11 Å². The van der Waals surface area contributed by atoms with E-state index in [0.717, 1.165) is 4.68 Å². The lowest BCUT2D eigenvalue weighted by Crippen LogP contribution is -1.83. The lowest BCUT2D eigenvalue weighted by Gasteiger charge is -1.77. The van der Waals surface area contributed by atoms with Crippen molar-refractivity contribution < 1.29 is 4.11 Å². The Morgan fingerprint density at radius 3 is 3.50 bits per heavy atom. The molecule has 0 aliphatic rings. The Balaban J connectivity index is 2.90. The van der Waals surface area contributed by atoms with Gasteiger partial charge in [-0.2, -0.15) is 5.10 Å². The highest BCUT2D eigenvalue weighted by atomic mass is 15.2. The highest BCUT2D eigenvalue weighted by Crippen LogP contribution is 1.71. The SMILES string of the molecule is [2H]C([2H])([2H])n1c[c]cn1. The molecule has 1 aromatic heterocycles. The van der Waals surface area contributed by atoms with Crippen LogP contribution in [0, 0.1) is 6.07 Å². The molecule has 31 valence electrons. The van der Waals surface area contributed by atoms with Crippen LogP contribution in [0.1, 0.15) is 4.11 Å². The minimum atomic E-state index is -2.15. The van der Waals surface area contributed by atoms with Gasteiger partial charge < -0.3 is 0 Å². The van der Waals surface area contributed by atoms with Gasteiger partial charge in [-0.25, -0.2) is 0 Å². The zero-order chi connectivity index (χ0) is 6.91. The van der Waals surface area contributed by atoms with Crippen molar-refractivity contribution in [3.63, 3.8) is 0 Å². The third kappa shape index (κ3) is 0.407. The minimum absolute atomic E-state index is 0.882. The van der Waals surface area contributed by atoms with E-state index in [9.17, 15) is 0 Å². The van der Waals surface area contributed by atoms with Crippen LogP contribution in [0.25, 0.3) is 0 Å². The normalized spacial score (nSPS) is 18.3. The number of hydrogen-bond donors (Lipinski definition) is 0. The van der Waals surface area contributed by atoms with Crippen LogP contribution < -0.4 is 0 Å². The molecule has 0 spiro atoms. The van der Waals surface area contributed by atoms with Crippen molar-refractivity contribution in [2.24, 2.45) is 6.98 Å². The molecule has 6 heavy (non-hydrogen) atoms. The van der Waals surface area contributed by atoms with Crippen molar-refractivity contribution in [2.45, 2.75) is 0 Å². The minimum Gasteiger partial charge on any atom is -0.275 e. The summed E-state index contributed by atoms with van der Waals surface area (Å²) < 4.78 is 21.3. The molecule has 0 aliphatic carbocycles. The summed E-state index contributed by atoms with van der Waals surface area (Å²) in [5.74, 6) is 0. The molecule has 2 heteroatoms. The predicted molar refractivity (Wildman–Crippen MR) is 22.0 cm³/mol. The van der Waals surface area contributed by atoms with E-state index in [2.05, 4.69) is 11.2 Å². The van der Waals surface area contributed by atoms with Gasteiger partial charge in [0.15, 0.2) is 0 Å². The van der Waals surface area contributed by atoms with Crippen molar-refractivity contribution in [3.05, 3.63) is 18.5 Å². The number of hydrogen-bond acceptors (Lipinski definition) is 1. The monoisotopic (exact) mass is 84.1 g/mol. The van der Waals surface area contributed by atoms with E-state index in [-0.39, 0.29) is 0 Å². The molecule has 0 N–H and O–H groups in total. The molecule has 0 bridgehead atoms. The molecule has 0 aromatic carbocycles. The second kappa shape index (κ2) is 1.12. The number of aryl methyl sites for hydroxylation is 1. The van der Waals surface area contributed by atoms with Crippen molar-refractivity contribution in [2.75, 3.05) is 0 Å². The molecule has 1 rings (SSSR count). The van der Waals surface area contributed by atoms with E-state index >= 15 is 0 Å². The second-order valence-electron chi connectivity index (χ2n) is 0.885. The van der Waals surface area contributed by atoms with E-state index in [0.29, 0.717) is 0 Å². The Bertz CT molecular complexity index is 176. The summed E-state index contributed by atoms with van der Waals surface area (Å²) in [6.07, 6.45) is 2.60. The largest absolute Gasteiger partial charge is 0.275 e. The van der Waals surface area contributed by atoms with Crippen LogP contribution in [0.4, 0.5) is 0 Å². The fourth-order valence-corrected chi connectivity index (χ4v) is 0.233. The highest BCUT2D eigenvalue weighted by Gasteiger charge is 1.70. The molecule has 0 saturated carbocycles. The lowest BCUT2D eigenvalue weighted by atomic mass is 10.8. The summed E-state index contributed by atoms with van der Waals surface area (Å²) in [5.41, 5.74) is 0. The van der Waals surface area contributed by atoms with E-state index in [1.54, 1.807) is 0 Å². The zero-order valence-electron chi connectivity index (χ0n) is 6.05. The van der Waals surface area contributed by atoms with Gasteiger partial charge in [0, 0.05) is 23.4 Å². The summed E-state index contributed by atoms with van der Waals surface area (Å²) in [7, 11) is 0. The summed E-state index contributed by atoms with van der Waals surface area (Å²) >= 11 is 0. The van der Waals surface area contributed by atoms with Crippen LogP contribution in [-0.2, 0) is 6.98 Å². The number of nitrogens with zero attached hydrogens (tertiary/aromatic N) is 2. The quantitative estimate of drug-likeness (QED) is 0.439. The third-order valence-corrected chi connectivity index (χ3v) is 0.453. The summed E-state index contributed by atoms with van der Waals surface area (Å²) in [6.45, 7) is -2.15. The first-order chi connectivity index (χ1) is 4.11. The van der Waals surface area contributed by atoms with Gasteiger partial charge in [0.2, 0.25) is 0 Å². The second-order valence-corrected chi connectivity index (χ2v) is 0.885. The van der Waals surface area contributed by atoms with Crippen molar-refractivity contribution in [1.29, 1.82) is 0 Å². The Kier molecular flexibility index (Phi) is 0.257. The van der Waals surface area contributed by atoms with Crippen LogP contribution >= 0.6 is 0 Å². The third-order valence-electron chi connectivity index (χ3n) is 0.453. The van der Waals surface area contributed by atoms with E-state index in [1.165, 1.54) is 12.4 Å². The molecule has 1 radical (unpaired) electrons. The van der Waals surface area contributed by atoms with Gasteiger partial charge in [-0.1, -0.05) is 0 Å². The van der Waals surface area contributed by atoms with E-state index in [1.807, 2.05) is 0 Å². The molecular formula is C4H5N2. The number of aromatic nitrogens is 2. The maximum Gasteiger partial charge on any atom is 0.0569 e. The van der Waals surface area contributed by atoms with Gasteiger partial charge in [0.25, 0.3) is 0 Å². The smallest absolute Gasteiger partial charge is 0.0569 e. The highest BCUT2D eigenvalue weighted by molar-refractivity contribution is 4.72. The van der Waals surface area contributed by atoms with Crippen LogP contribution in [-0.4, -0.2) is 9.78 Å². The maximum absolute atomic E-state index is 6.80. The molecule has 1 aromatic rings. The first-order valence-corrected chi connectivity index (χ1v) is 1.52. The average molecular weight is 84.1 g/mol. The summed E-state index contributed by atoms with van der Waals surface area (Å²) in [5, 5.41) is 3.49. The topological polar surface area (TPSA) is 17.8 Å². The maximum atomic E-state index is 6.80. The molecule has 0 aliphatic heterocycles. The van der Waals surface area contributed by atoms with Gasteiger partial charge >= 0.3 is 0 Å². The average Bonchev–Trinajstić information content (AvgIpc) is 2.08. The molecular weight excluding hydrogens is 76.1 g/mol. The summed E-state index contributed by atoms with van der Waals surface area (Å²) in [6, 6.07) is 2.53. The standard InChI is InChI=1S/C4H5N2/c1-6-4-2-3-5-6/h3-4H,1H3/i1D3. The van der Waals surface area contributed by atoms with Gasteiger partial charge in [-0.15, -0.1) is 0 Å². The molecule has 0 saturated heterocycles. The predicted octanol–water partition coefficient (Wildman–Crippen LogP) is 0.220. The van der Waals surface area contributed by atoms with Crippen LogP contribution in [0.15, 0.2) is 12.4 Å². The summed E-state index contributed by atoms with van der Waals surface area (Å²) in [4.78, 5) is 0. The first-order valence-electron chi connectivity index (χ1n) is 3.02.